The van der Waals surface area contributed by atoms with Gasteiger partial charge in [0.15, 0.2) is 0 Å². The van der Waals surface area contributed by atoms with Crippen molar-refractivity contribution in [2.24, 2.45) is 0 Å². The van der Waals surface area contributed by atoms with Crippen LogP contribution in [0.15, 0.2) is 48.5 Å². The van der Waals surface area contributed by atoms with Crippen LogP contribution < -0.4 is 0 Å². The predicted molar refractivity (Wildman–Crippen MR) is 74.2 cm³/mol. The van der Waals surface area contributed by atoms with Gasteiger partial charge in [0.2, 0.25) is 0 Å². The summed E-state index contributed by atoms with van der Waals surface area (Å²) in [7, 11) is 0. The van der Waals surface area contributed by atoms with E-state index < -0.39 is 0 Å². The average Bonchev–Trinajstić information content (AvgIpc) is 2.30. The quantitative estimate of drug-likeness (QED) is 0.554. The lowest BCUT2D eigenvalue weighted by Crippen LogP contribution is -1.83. The summed E-state index contributed by atoms with van der Waals surface area (Å²) in [5.74, 6) is 0.576. The molecule has 0 unspecified atom stereocenters. The Bertz CT molecular complexity index is 448. The van der Waals surface area contributed by atoms with Gasteiger partial charge in [-0.15, -0.1) is 11.6 Å². The molecule has 0 spiro atoms. The Kier molecular flexibility index (Phi) is 3.65. The van der Waals surface area contributed by atoms with Crippen LogP contribution in [0.5, 0.6) is 0 Å². The summed E-state index contributed by atoms with van der Waals surface area (Å²) in [5.41, 5.74) is 3.68. The van der Waals surface area contributed by atoms with Gasteiger partial charge in [0.05, 0.1) is 0 Å². The van der Waals surface area contributed by atoms with Crippen molar-refractivity contribution in [1.82, 2.24) is 0 Å². The van der Waals surface area contributed by atoms with Gasteiger partial charge in [-0.1, -0.05) is 42.5 Å². The zero-order chi connectivity index (χ0) is 10.7. The molecule has 2 aromatic rings. The first-order chi connectivity index (χ1) is 7.31. The molecule has 0 nitrogen and oxygen atoms in total. The van der Waals surface area contributed by atoms with Crippen molar-refractivity contribution in [3.63, 3.8) is 0 Å². The summed E-state index contributed by atoms with van der Waals surface area (Å²) >= 11 is 8.11. The topological polar surface area (TPSA) is 0 Å². The summed E-state index contributed by atoms with van der Waals surface area (Å²) in [4.78, 5) is 0. The van der Waals surface area contributed by atoms with Gasteiger partial charge in [-0.25, -0.2) is 0 Å². The van der Waals surface area contributed by atoms with Crippen LogP contribution in [0.4, 0.5) is 0 Å². The molecule has 0 atom stereocenters. The van der Waals surface area contributed by atoms with E-state index in [1.807, 2.05) is 0 Å². The van der Waals surface area contributed by atoms with Gasteiger partial charge in [0.25, 0.3) is 0 Å². The lowest BCUT2D eigenvalue weighted by atomic mass is 10.0. The standard InChI is InChI=1S/C13H10ClI/c14-9-10-5-7-11(8-6-10)12-3-1-2-4-13(12)15/h1-8H,9H2. The zero-order valence-electron chi connectivity index (χ0n) is 8.08. The fourth-order valence-corrected chi connectivity index (χ4v) is 2.35. The molecule has 0 fully saturated rings. The summed E-state index contributed by atoms with van der Waals surface area (Å²) in [5, 5.41) is 0. The third kappa shape index (κ3) is 2.52. The largest absolute Gasteiger partial charge is 0.122 e. The third-order valence-electron chi connectivity index (χ3n) is 2.29. The van der Waals surface area contributed by atoms with E-state index in [9.17, 15) is 0 Å². The molecule has 0 aliphatic heterocycles. The summed E-state index contributed by atoms with van der Waals surface area (Å²) in [6.07, 6.45) is 0. The second-order valence-electron chi connectivity index (χ2n) is 3.31. The zero-order valence-corrected chi connectivity index (χ0v) is 11.0. The molecule has 2 rings (SSSR count). The van der Waals surface area contributed by atoms with E-state index in [0.29, 0.717) is 5.88 Å². The molecule has 0 aromatic heterocycles. The maximum Gasteiger partial charge on any atom is 0.0474 e. The Morgan fingerprint density at radius 2 is 1.60 bits per heavy atom. The van der Waals surface area contributed by atoms with E-state index >= 15 is 0 Å². The minimum Gasteiger partial charge on any atom is -0.122 e. The normalized spacial score (nSPS) is 10.3. The van der Waals surface area contributed by atoms with Gasteiger partial charge in [0.1, 0.15) is 0 Å². The predicted octanol–water partition coefficient (Wildman–Crippen LogP) is 4.70. The maximum atomic E-state index is 5.76. The second-order valence-corrected chi connectivity index (χ2v) is 4.74. The fourth-order valence-electron chi connectivity index (χ4n) is 1.47. The Morgan fingerprint density at radius 1 is 0.933 bits per heavy atom. The molecule has 0 saturated heterocycles. The Hall–Kier alpha value is -0.540. The molecular weight excluding hydrogens is 318 g/mol. The first kappa shape index (κ1) is 11.0. The molecule has 0 amide bonds. The lowest BCUT2D eigenvalue weighted by Gasteiger charge is -2.04. The van der Waals surface area contributed by atoms with E-state index in [1.54, 1.807) is 0 Å². The number of alkyl halides is 1. The maximum absolute atomic E-state index is 5.76. The van der Waals surface area contributed by atoms with Gasteiger partial charge in [-0.3, -0.25) is 0 Å². The summed E-state index contributed by atoms with van der Waals surface area (Å²) in [6, 6.07) is 16.8. The first-order valence-corrected chi connectivity index (χ1v) is 6.32. The van der Waals surface area contributed by atoms with Gasteiger partial charge < -0.3 is 0 Å². The van der Waals surface area contributed by atoms with Crippen molar-refractivity contribution in [3.8, 4) is 11.1 Å². The van der Waals surface area contributed by atoms with Crippen LogP contribution in [0.3, 0.4) is 0 Å². The van der Waals surface area contributed by atoms with Crippen LogP contribution in [0, 0.1) is 3.57 Å². The van der Waals surface area contributed by atoms with Crippen molar-refractivity contribution < 1.29 is 0 Å². The van der Waals surface area contributed by atoms with E-state index in [1.165, 1.54) is 14.7 Å². The van der Waals surface area contributed by atoms with E-state index in [-0.39, 0.29) is 0 Å². The van der Waals surface area contributed by atoms with Crippen LogP contribution >= 0.6 is 34.2 Å². The van der Waals surface area contributed by atoms with E-state index in [4.69, 9.17) is 11.6 Å². The minimum atomic E-state index is 0.576. The van der Waals surface area contributed by atoms with Crippen LogP contribution in [0.1, 0.15) is 5.56 Å². The molecular formula is C13H10ClI. The highest BCUT2D eigenvalue weighted by Crippen LogP contribution is 2.25. The van der Waals surface area contributed by atoms with Gasteiger partial charge in [-0.2, -0.15) is 0 Å². The highest BCUT2D eigenvalue weighted by atomic mass is 127. The third-order valence-corrected chi connectivity index (χ3v) is 3.54. The Morgan fingerprint density at radius 3 is 2.20 bits per heavy atom. The lowest BCUT2D eigenvalue weighted by molar-refractivity contribution is 1.40. The van der Waals surface area contributed by atoms with Gasteiger partial charge in [-0.05, 0) is 45.3 Å². The second kappa shape index (κ2) is 4.99. The van der Waals surface area contributed by atoms with Crippen molar-refractivity contribution >= 4 is 34.2 Å². The SMILES string of the molecule is ClCc1ccc(-c2ccccc2I)cc1. The highest BCUT2D eigenvalue weighted by molar-refractivity contribution is 14.1. The first-order valence-electron chi connectivity index (χ1n) is 4.71. The van der Waals surface area contributed by atoms with Crippen LogP contribution in [0.25, 0.3) is 11.1 Å². The molecule has 76 valence electrons. The number of hydrogen-bond donors (Lipinski definition) is 0. The summed E-state index contributed by atoms with van der Waals surface area (Å²) < 4.78 is 1.27. The average molecular weight is 329 g/mol. The fraction of sp³-hybridized carbons (Fsp3) is 0.0769. The van der Waals surface area contributed by atoms with Crippen LogP contribution in [-0.2, 0) is 5.88 Å². The Labute approximate surface area is 108 Å². The van der Waals surface area contributed by atoms with Crippen molar-refractivity contribution in [2.45, 2.75) is 5.88 Å². The molecule has 0 aliphatic carbocycles. The van der Waals surface area contributed by atoms with Crippen molar-refractivity contribution in [2.75, 3.05) is 0 Å². The summed E-state index contributed by atoms with van der Waals surface area (Å²) in [6.45, 7) is 0. The number of hydrogen-bond acceptors (Lipinski definition) is 0. The van der Waals surface area contributed by atoms with E-state index in [2.05, 4.69) is 71.1 Å². The highest BCUT2D eigenvalue weighted by Gasteiger charge is 2.01. The van der Waals surface area contributed by atoms with Gasteiger partial charge >= 0.3 is 0 Å². The molecule has 0 aliphatic rings. The Balaban J connectivity index is 2.42. The molecule has 0 N–H and O–H groups in total. The smallest absolute Gasteiger partial charge is 0.0474 e. The molecule has 2 aromatic carbocycles. The van der Waals surface area contributed by atoms with Crippen LogP contribution in [-0.4, -0.2) is 0 Å². The van der Waals surface area contributed by atoms with Gasteiger partial charge in [0, 0.05) is 9.45 Å². The van der Waals surface area contributed by atoms with E-state index in [0.717, 1.165) is 5.56 Å². The minimum absolute atomic E-state index is 0.576. The van der Waals surface area contributed by atoms with Crippen molar-refractivity contribution in [1.29, 1.82) is 0 Å². The number of rotatable bonds is 2. The van der Waals surface area contributed by atoms with Crippen LogP contribution in [0.2, 0.25) is 0 Å². The molecule has 0 heterocycles. The molecule has 15 heavy (non-hydrogen) atoms. The molecule has 0 bridgehead atoms. The number of halogens is 2. The number of benzene rings is 2. The molecule has 2 heteroatoms. The molecule has 0 saturated carbocycles. The van der Waals surface area contributed by atoms with Crippen molar-refractivity contribution in [3.05, 3.63) is 57.7 Å². The molecule has 0 radical (unpaired) electrons. The monoisotopic (exact) mass is 328 g/mol.